The molecule has 0 heterocycles. The van der Waals surface area contributed by atoms with E-state index >= 15 is 0 Å². The van der Waals surface area contributed by atoms with Crippen molar-refractivity contribution in [2.45, 2.75) is 38.6 Å². The number of benzene rings is 1. The quantitative estimate of drug-likeness (QED) is 0.842. The summed E-state index contributed by atoms with van der Waals surface area (Å²) in [5.41, 5.74) is -0.00736. The third-order valence-corrected chi connectivity index (χ3v) is 3.79. The predicted octanol–water partition coefficient (Wildman–Crippen LogP) is 2.76. The molecule has 3 nitrogen and oxygen atoms in total. The van der Waals surface area contributed by atoms with E-state index in [2.05, 4.69) is 18.7 Å². The van der Waals surface area contributed by atoms with E-state index < -0.39 is 11.4 Å². The maximum atomic E-state index is 11.6. The van der Waals surface area contributed by atoms with Crippen molar-refractivity contribution in [1.29, 1.82) is 0 Å². The summed E-state index contributed by atoms with van der Waals surface area (Å²) in [6, 6.07) is 9.84. The molecule has 0 saturated carbocycles. The molecule has 0 saturated heterocycles. The van der Waals surface area contributed by atoms with Gasteiger partial charge in [-0.15, -0.1) is 0 Å². The second-order valence-corrected chi connectivity index (χ2v) is 5.18. The molecular weight excluding hydrogens is 226 g/mol. The van der Waals surface area contributed by atoms with Crippen LogP contribution in [0.15, 0.2) is 30.3 Å². The molecule has 100 valence electrons. The predicted molar refractivity (Wildman–Crippen MR) is 73.8 cm³/mol. The van der Waals surface area contributed by atoms with Gasteiger partial charge in [0.15, 0.2) is 0 Å². The second kappa shape index (κ2) is 6.01. The van der Waals surface area contributed by atoms with Gasteiger partial charge in [-0.1, -0.05) is 37.3 Å². The van der Waals surface area contributed by atoms with Gasteiger partial charge in [0.05, 0.1) is 0 Å². The van der Waals surface area contributed by atoms with Gasteiger partial charge in [-0.25, -0.2) is 0 Å². The van der Waals surface area contributed by atoms with Crippen molar-refractivity contribution in [3.8, 4) is 0 Å². The Hall–Kier alpha value is -1.35. The monoisotopic (exact) mass is 249 g/mol. The van der Waals surface area contributed by atoms with Gasteiger partial charge in [-0.3, -0.25) is 4.79 Å². The summed E-state index contributed by atoms with van der Waals surface area (Å²) in [6.45, 7) is 6.54. The molecule has 1 aromatic carbocycles. The van der Waals surface area contributed by atoms with Crippen LogP contribution in [0.5, 0.6) is 0 Å². The zero-order valence-electron chi connectivity index (χ0n) is 11.7. The molecule has 0 aromatic heterocycles. The number of carboxylic acids is 1. The van der Waals surface area contributed by atoms with Gasteiger partial charge in [0.2, 0.25) is 0 Å². The van der Waals surface area contributed by atoms with Gasteiger partial charge in [0.25, 0.3) is 0 Å². The van der Waals surface area contributed by atoms with E-state index in [9.17, 15) is 9.90 Å². The molecule has 0 aliphatic rings. The Morgan fingerprint density at radius 3 is 2.39 bits per heavy atom. The Kier molecular flexibility index (Phi) is 4.91. The molecule has 0 radical (unpaired) electrons. The lowest BCUT2D eigenvalue weighted by Crippen LogP contribution is -2.45. The molecule has 0 aliphatic heterocycles. The van der Waals surface area contributed by atoms with Crippen LogP contribution in [0.25, 0.3) is 0 Å². The third-order valence-electron chi connectivity index (χ3n) is 3.79. The fraction of sp³-hybridized carbons (Fsp3) is 0.533. The summed E-state index contributed by atoms with van der Waals surface area (Å²) in [4.78, 5) is 13.8. The lowest BCUT2D eigenvalue weighted by Gasteiger charge is -2.33. The lowest BCUT2D eigenvalue weighted by atomic mass is 9.81. The first-order valence-corrected chi connectivity index (χ1v) is 6.41. The first-order chi connectivity index (χ1) is 8.41. The largest absolute Gasteiger partial charge is 0.481 e. The van der Waals surface area contributed by atoms with E-state index in [0.29, 0.717) is 12.6 Å². The number of likely N-dealkylation sites (N-methyl/N-ethyl adjacent to an activating group) is 1. The highest BCUT2D eigenvalue weighted by Gasteiger charge is 2.36. The van der Waals surface area contributed by atoms with Gasteiger partial charge in [-0.05, 0) is 32.9 Å². The van der Waals surface area contributed by atoms with E-state index in [1.165, 1.54) is 0 Å². The average Bonchev–Trinajstić information content (AvgIpc) is 2.38. The number of carboxylic acid groups (broad SMARTS) is 1. The number of nitrogens with zero attached hydrogens (tertiary/aromatic N) is 1. The molecule has 0 spiro atoms. The smallest absolute Gasteiger partial charge is 0.315 e. The minimum absolute atomic E-state index is 0.382. The van der Waals surface area contributed by atoms with Gasteiger partial charge in [-0.2, -0.15) is 0 Å². The number of hydrogen-bond donors (Lipinski definition) is 1. The minimum atomic E-state index is -0.862. The zero-order chi connectivity index (χ0) is 13.8. The van der Waals surface area contributed by atoms with E-state index in [0.717, 1.165) is 12.0 Å². The van der Waals surface area contributed by atoms with Crippen molar-refractivity contribution >= 4 is 5.97 Å². The van der Waals surface area contributed by atoms with Crippen LogP contribution in [0.1, 0.15) is 32.8 Å². The Morgan fingerprint density at radius 1 is 1.39 bits per heavy atom. The summed E-state index contributed by atoms with van der Waals surface area (Å²) in [5, 5.41) is 9.56. The highest BCUT2D eigenvalue weighted by molar-refractivity contribution is 5.81. The fourth-order valence-corrected chi connectivity index (χ4v) is 2.05. The molecule has 18 heavy (non-hydrogen) atoms. The van der Waals surface area contributed by atoms with E-state index in [4.69, 9.17) is 0 Å². The topological polar surface area (TPSA) is 40.5 Å². The van der Waals surface area contributed by atoms with Crippen LogP contribution in [0.4, 0.5) is 0 Å². The minimum Gasteiger partial charge on any atom is -0.481 e. The first kappa shape index (κ1) is 14.7. The van der Waals surface area contributed by atoms with Crippen molar-refractivity contribution in [3.05, 3.63) is 35.9 Å². The highest BCUT2D eigenvalue weighted by atomic mass is 16.4. The summed E-state index contributed by atoms with van der Waals surface area (Å²) < 4.78 is 0. The Morgan fingerprint density at radius 2 is 1.94 bits per heavy atom. The van der Waals surface area contributed by atoms with Crippen molar-refractivity contribution in [1.82, 2.24) is 4.90 Å². The molecule has 0 amide bonds. The molecule has 0 aliphatic carbocycles. The van der Waals surface area contributed by atoms with Crippen molar-refractivity contribution < 1.29 is 9.90 Å². The van der Waals surface area contributed by atoms with E-state index in [1.807, 2.05) is 37.4 Å². The number of hydrogen-bond acceptors (Lipinski definition) is 2. The molecule has 1 aromatic rings. The molecule has 2 unspecified atom stereocenters. The van der Waals surface area contributed by atoms with Crippen LogP contribution in [0, 0.1) is 0 Å². The summed E-state index contributed by atoms with van der Waals surface area (Å²) in [7, 11) is 1.98. The SMILES string of the molecule is CCC(C)N(C)CC(C)(C(=O)O)c1ccccc1. The van der Waals surface area contributed by atoms with Crippen LogP contribution in [0.3, 0.4) is 0 Å². The average molecular weight is 249 g/mol. The normalized spacial score (nSPS) is 16.3. The number of aliphatic carboxylic acids is 1. The van der Waals surface area contributed by atoms with Crippen LogP contribution < -0.4 is 0 Å². The van der Waals surface area contributed by atoms with Crippen LogP contribution >= 0.6 is 0 Å². The summed E-state index contributed by atoms with van der Waals surface area (Å²) in [5.74, 6) is -0.774. The second-order valence-electron chi connectivity index (χ2n) is 5.18. The summed E-state index contributed by atoms with van der Waals surface area (Å²) >= 11 is 0. The van der Waals surface area contributed by atoms with Crippen molar-refractivity contribution in [2.24, 2.45) is 0 Å². The van der Waals surface area contributed by atoms with Crippen LogP contribution in [-0.2, 0) is 10.2 Å². The Balaban J connectivity index is 2.99. The van der Waals surface area contributed by atoms with Gasteiger partial charge >= 0.3 is 5.97 Å². The Labute approximate surface area is 109 Å². The molecule has 1 rings (SSSR count). The maximum absolute atomic E-state index is 11.6. The van der Waals surface area contributed by atoms with Crippen molar-refractivity contribution in [3.63, 3.8) is 0 Å². The third kappa shape index (κ3) is 3.10. The van der Waals surface area contributed by atoms with E-state index in [1.54, 1.807) is 6.92 Å². The zero-order valence-corrected chi connectivity index (χ0v) is 11.7. The first-order valence-electron chi connectivity index (χ1n) is 6.41. The van der Waals surface area contributed by atoms with Crippen LogP contribution in [0.2, 0.25) is 0 Å². The molecular formula is C15H23NO2. The van der Waals surface area contributed by atoms with Gasteiger partial charge in [0.1, 0.15) is 5.41 Å². The lowest BCUT2D eigenvalue weighted by molar-refractivity contribution is -0.144. The molecule has 3 heteroatoms. The molecule has 1 N–H and O–H groups in total. The summed E-state index contributed by atoms with van der Waals surface area (Å²) in [6.07, 6.45) is 1.01. The molecule has 2 atom stereocenters. The molecule has 0 fully saturated rings. The Bertz CT molecular complexity index is 391. The number of rotatable bonds is 6. The maximum Gasteiger partial charge on any atom is 0.315 e. The van der Waals surface area contributed by atoms with E-state index in [-0.39, 0.29) is 0 Å². The standard InChI is InChI=1S/C15H23NO2/c1-5-12(2)16(4)11-15(3,14(17)18)13-9-7-6-8-10-13/h6-10,12H,5,11H2,1-4H3,(H,17,18). The fourth-order valence-electron chi connectivity index (χ4n) is 2.05. The molecule has 0 bridgehead atoms. The number of carbonyl (C=O) groups is 1. The highest BCUT2D eigenvalue weighted by Crippen LogP contribution is 2.26. The van der Waals surface area contributed by atoms with Gasteiger partial charge < -0.3 is 10.0 Å². The van der Waals surface area contributed by atoms with Gasteiger partial charge in [0, 0.05) is 12.6 Å². The van der Waals surface area contributed by atoms with Crippen molar-refractivity contribution in [2.75, 3.05) is 13.6 Å². The van der Waals surface area contributed by atoms with Crippen LogP contribution in [-0.4, -0.2) is 35.6 Å².